The Morgan fingerprint density at radius 3 is 2.19 bits per heavy atom. The summed E-state index contributed by atoms with van der Waals surface area (Å²) in [5.74, 6) is 0.129. The van der Waals surface area contributed by atoms with Crippen molar-refractivity contribution in [2.24, 2.45) is 0 Å². The summed E-state index contributed by atoms with van der Waals surface area (Å²) in [5.41, 5.74) is 4.82. The molecule has 0 aromatic heterocycles. The van der Waals surface area contributed by atoms with Crippen LogP contribution in [-0.4, -0.2) is 42.9 Å². The zero-order chi connectivity index (χ0) is 21.2. The van der Waals surface area contributed by atoms with E-state index in [0.29, 0.717) is 31.6 Å². The minimum Gasteiger partial charge on any atom is -0.368 e. The summed E-state index contributed by atoms with van der Waals surface area (Å²) in [6.45, 7) is 3.60. The molecule has 2 heterocycles. The second-order valence-electron chi connectivity index (χ2n) is 8.10. The summed E-state index contributed by atoms with van der Waals surface area (Å²) in [4.78, 5) is 31.8. The predicted octanol–water partition coefficient (Wildman–Crippen LogP) is 3.74. The van der Waals surface area contributed by atoms with Gasteiger partial charge in [0.2, 0.25) is 5.91 Å². The van der Waals surface area contributed by atoms with Gasteiger partial charge in [0.25, 0.3) is 5.91 Å². The van der Waals surface area contributed by atoms with E-state index in [4.69, 9.17) is 0 Å². The molecule has 5 heteroatoms. The SMILES string of the molecule is O=C(c1ccc2c(c1)CC(=O)N2Cc1ccccc1)N1CCN(c2ccccc2)CC1. The van der Waals surface area contributed by atoms with Crippen LogP contribution >= 0.6 is 0 Å². The van der Waals surface area contributed by atoms with Gasteiger partial charge in [-0.25, -0.2) is 0 Å². The van der Waals surface area contributed by atoms with E-state index in [-0.39, 0.29) is 11.8 Å². The van der Waals surface area contributed by atoms with Gasteiger partial charge in [0.1, 0.15) is 0 Å². The van der Waals surface area contributed by atoms with Crippen LogP contribution in [0, 0.1) is 0 Å². The van der Waals surface area contributed by atoms with Crippen molar-refractivity contribution in [1.29, 1.82) is 0 Å². The van der Waals surface area contributed by atoms with Crippen molar-refractivity contribution in [2.45, 2.75) is 13.0 Å². The first kappa shape index (κ1) is 19.4. The summed E-state index contributed by atoms with van der Waals surface area (Å²) in [6, 6.07) is 26.0. The van der Waals surface area contributed by atoms with Crippen LogP contribution in [0.4, 0.5) is 11.4 Å². The Morgan fingerprint density at radius 2 is 1.48 bits per heavy atom. The Hall–Kier alpha value is -3.60. The molecule has 0 radical (unpaired) electrons. The van der Waals surface area contributed by atoms with Crippen molar-refractivity contribution in [3.63, 3.8) is 0 Å². The van der Waals surface area contributed by atoms with Gasteiger partial charge >= 0.3 is 0 Å². The fraction of sp³-hybridized carbons (Fsp3) is 0.231. The van der Waals surface area contributed by atoms with Crippen LogP contribution in [0.25, 0.3) is 0 Å². The van der Waals surface area contributed by atoms with E-state index < -0.39 is 0 Å². The minimum atomic E-state index is 0.0458. The summed E-state index contributed by atoms with van der Waals surface area (Å²) >= 11 is 0. The molecule has 2 amide bonds. The fourth-order valence-corrected chi connectivity index (χ4v) is 4.44. The lowest BCUT2D eigenvalue weighted by molar-refractivity contribution is -0.117. The molecule has 0 spiro atoms. The Bertz CT molecular complexity index is 1090. The van der Waals surface area contributed by atoms with Crippen LogP contribution < -0.4 is 9.80 Å². The Morgan fingerprint density at radius 1 is 0.806 bits per heavy atom. The molecule has 0 bridgehead atoms. The molecule has 0 N–H and O–H groups in total. The van der Waals surface area contributed by atoms with E-state index in [0.717, 1.165) is 29.9 Å². The zero-order valence-corrected chi connectivity index (χ0v) is 17.4. The van der Waals surface area contributed by atoms with Crippen LogP contribution in [0.5, 0.6) is 0 Å². The first-order valence-electron chi connectivity index (χ1n) is 10.8. The lowest BCUT2D eigenvalue weighted by Crippen LogP contribution is -2.48. The third-order valence-corrected chi connectivity index (χ3v) is 6.13. The maximum absolute atomic E-state index is 13.1. The van der Waals surface area contributed by atoms with Crippen molar-refractivity contribution < 1.29 is 9.59 Å². The van der Waals surface area contributed by atoms with Gasteiger partial charge in [-0.15, -0.1) is 0 Å². The third kappa shape index (κ3) is 3.91. The molecule has 0 unspecified atom stereocenters. The number of piperazine rings is 1. The number of rotatable bonds is 4. The van der Waals surface area contributed by atoms with Gasteiger partial charge in [0.15, 0.2) is 0 Å². The molecule has 2 aliphatic heterocycles. The minimum absolute atomic E-state index is 0.0458. The van der Waals surface area contributed by atoms with Crippen molar-refractivity contribution >= 4 is 23.2 Å². The van der Waals surface area contributed by atoms with Gasteiger partial charge in [-0.2, -0.15) is 0 Å². The quantitative estimate of drug-likeness (QED) is 0.657. The van der Waals surface area contributed by atoms with E-state index in [2.05, 4.69) is 17.0 Å². The monoisotopic (exact) mass is 411 g/mol. The van der Waals surface area contributed by atoms with Crippen molar-refractivity contribution in [3.8, 4) is 0 Å². The molecule has 1 fully saturated rings. The highest BCUT2D eigenvalue weighted by Crippen LogP contribution is 2.31. The topological polar surface area (TPSA) is 43.9 Å². The highest BCUT2D eigenvalue weighted by molar-refractivity contribution is 6.03. The zero-order valence-electron chi connectivity index (χ0n) is 17.4. The normalized spacial score (nSPS) is 15.9. The number of hydrogen-bond acceptors (Lipinski definition) is 3. The van der Waals surface area contributed by atoms with Crippen molar-refractivity contribution in [3.05, 3.63) is 95.6 Å². The summed E-state index contributed by atoms with van der Waals surface area (Å²) < 4.78 is 0. The van der Waals surface area contributed by atoms with E-state index in [1.54, 1.807) is 0 Å². The number of carbonyl (C=O) groups is 2. The second kappa shape index (κ2) is 8.26. The highest BCUT2D eigenvalue weighted by atomic mass is 16.2. The van der Waals surface area contributed by atoms with Crippen LogP contribution in [-0.2, 0) is 17.8 Å². The molecule has 156 valence electrons. The van der Waals surface area contributed by atoms with E-state index >= 15 is 0 Å². The molecular formula is C26H25N3O2. The Balaban J connectivity index is 1.27. The molecule has 0 saturated carbocycles. The van der Waals surface area contributed by atoms with Gasteiger partial charge in [-0.05, 0) is 41.5 Å². The summed E-state index contributed by atoms with van der Waals surface area (Å²) in [6.07, 6.45) is 0.352. The van der Waals surface area contributed by atoms with Gasteiger partial charge in [0, 0.05) is 43.1 Å². The molecular weight excluding hydrogens is 386 g/mol. The van der Waals surface area contributed by atoms with E-state index in [1.807, 2.05) is 76.5 Å². The summed E-state index contributed by atoms with van der Waals surface area (Å²) in [5, 5.41) is 0. The predicted molar refractivity (Wildman–Crippen MR) is 122 cm³/mol. The second-order valence-corrected chi connectivity index (χ2v) is 8.10. The van der Waals surface area contributed by atoms with Crippen LogP contribution in [0.3, 0.4) is 0 Å². The molecule has 3 aromatic rings. The van der Waals surface area contributed by atoms with Gasteiger partial charge in [-0.3, -0.25) is 9.59 Å². The number of benzene rings is 3. The lowest BCUT2D eigenvalue weighted by Gasteiger charge is -2.36. The molecule has 31 heavy (non-hydrogen) atoms. The Kier molecular flexibility index (Phi) is 5.16. The number of anilines is 2. The molecule has 1 saturated heterocycles. The standard InChI is InChI=1S/C26H25N3O2/c30-25-18-22-17-21(11-12-24(22)29(25)19-20-7-3-1-4-8-20)26(31)28-15-13-27(14-16-28)23-9-5-2-6-10-23/h1-12,17H,13-16,18-19H2. The smallest absolute Gasteiger partial charge is 0.253 e. The largest absolute Gasteiger partial charge is 0.368 e. The summed E-state index contributed by atoms with van der Waals surface area (Å²) in [7, 11) is 0. The number of fused-ring (bicyclic) bond motifs is 1. The van der Waals surface area contributed by atoms with Gasteiger partial charge < -0.3 is 14.7 Å². The number of amides is 2. The molecule has 5 rings (SSSR count). The van der Waals surface area contributed by atoms with Gasteiger partial charge in [-0.1, -0.05) is 48.5 Å². The first-order valence-corrected chi connectivity index (χ1v) is 10.8. The molecule has 0 aliphatic carbocycles. The highest BCUT2D eigenvalue weighted by Gasteiger charge is 2.29. The molecule has 5 nitrogen and oxygen atoms in total. The number of para-hydroxylation sites is 1. The van der Waals surface area contributed by atoms with Crippen molar-refractivity contribution in [2.75, 3.05) is 36.0 Å². The Labute approximate surface area is 182 Å². The number of hydrogen-bond donors (Lipinski definition) is 0. The lowest BCUT2D eigenvalue weighted by atomic mass is 10.1. The maximum atomic E-state index is 13.1. The fourth-order valence-electron chi connectivity index (χ4n) is 4.44. The van der Waals surface area contributed by atoms with Crippen LogP contribution in [0.2, 0.25) is 0 Å². The number of carbonyl (C=O) groups excluding carboxylic acids is 2. The van der Waals surface area contributed by atoms with Crippen molar-refractivity contribution in [1.82, 2.24) is 4.90 Å². The van der Waals surface area contributed by atoms with E-state index in [1.165, 1.54) is 5.69 Å². The van der Waals surface area contributed by atoms with Gasteiger partial charge in [0.05, 0.1) is 13.0 Å². The molecule has 0 atom stereocenters. The first-order chi connectivity index (χ1) is 15.2. The average molecular weight is 412 g/mol. The van der Waals surface area contributed by atoms with Crippen LogP contribution in [0.15, 0.2) is 78.9 Å². The average Bonchev–Trinajstić information content (AvgIpc) is 3.14. The van der Waals surface area contributed by atoms with E-state index in [9.17, 15) is 9.59 Å². The molecule has 3 aromatic carbocycles. The molecule has 2 aliphatic rings. The van der Waals surface area contributed by atoms with Crippen LogP contribution in [0.1, 0.15) is 21.5 Å². The third-order valence-electron chi connectivity index (χ3n) is 6.13. The maximum Gasteiger partial charge on any atom is 0.253 e. The number of nitrogens with zero attached hydrogens (tertiary/aromatic N) is 3.